The molecule has 0 bridgehead atoms. The Morgan fingerprint density at radius 3 is 2.22 bits per heavy atom. The van der Waals surface area contributed by atoms with Crippen molar-refractivity contribution >= 4 is 11.1 Å². The summed E-state index contributed by atoms with van der Waals surface area (Å²) in [6, 6.07) is 11.1. The van der Waals surface area contributed by atoms with Crippen LogP contribution in [0.4, 0.5) is 4.39 Å². The summed E-state index contributed by atoms with van der Waals surface area (Å²) < 4.78 is 38.1. The molecule has 0 fully saturated rings. The topological polar surface area (TPSA) is 46.5 Å². The molecule has 0 amide bonds. The highest BCUT2D eigenvalue weighted by atomic mass is 32.2. The van der Waals surface area contributed by atoms with Gasteiger partial charge in [-0.15, -0.1) is 0 Å². The molecule has 0 aliphatic heterocycles. The van der Waals surface area contributed by atoms with Gasteiger partial charge in [-0.1, -0.05) is 18.2 Å². The van der Waals surface area contributed by atoms with Crippen LogP contribution in [0.1, 0.15) is 0 Å². The Bertz CT molecular complexity index is 581. The van der Waals surface area contributed by atoms with Crippen LogP contribution in [0.25, 0.3) is 11.1 Å². The van der Waals surface area contributed by atoms with E-state index in [-0.39, 0.29) is 5.75 Å². The van der Waals surface area contributed by atoms with Crippen molar-refractivity contribution < 1.29 is 17.9 Å². The average Bonchev–Trinajstić information content (AvgIpc) is 2.38. The molecule has 94 valence electrons. The summed E-state index contributed by atoms with van der Waals surface area (Å²) in [5.41, 5.74) is 1.45. The molecule has 1 unspecified atom stereocenters. The Balaban J connectivity index is 2.36. The number of rotatable bonds is 3. The SMILES string of the molecule is COc1ccc(-c2ccc(S(=O)O)cc2)cc1F. The van der Waals surface area contributed by atoms with Gasteiger partial charge in [0, 0.05) is 0 Å². The standard InChI is InChI=1S/C13H11FO3S/c1-17-13-7-4-10(8-12(13)14)9-2-5-11(6-3-9)18(15)16/h2-8H,1H3,(H,15,16). The van der Waals surface area contributed by atoms with Gasteiger partial charge >= 0.3 is 0 Å². The highest BCUT2D eigenvalue weighted by Crippen LogP contribution is 2.25. The first-order valence-corrected chi connectivity index (χ1v) is 6.27. The van der Waals surface area contributed by atoms with E-state index in [1.807, 2.05) is 0 Å². The first-order chi connectivity index (χ1) is 8.61. The van der Waals surface area contributed by atoms with Gasteiger partial charge in [-0.2, -0.15) is 0 Å². The van der Waals surface area contributed by atoms with Gasteiger partial charge in [0.2, 0.25) is 0 Å². The molecule has 0 spiro atoms. The molecule has 2 aromatic carbocycles. The molecule has 1 atom stereocenters. The van der Waals surface area contributed by atoms with E-state index >= 15 is 0 Å². The fraction of sp³-hybridized carbons (Fsp3) is 0.0769. The normalized spacial score (nSPS) is 12.2. The van der Waals surface area contributed by atoms with Crippen LogP contribution in [-0.2, 0) is 11.1 Å². The summed E-state index contributed by atoms with van der Waals surface area (Å²) in [7, 11) is 1.41. The fourth-order valence-electron chi connectivity index (χ4n) is 1.61. The van der Waals surface area contributed by atoms with Crippen LogP contribution in [0.15, 0.2) is 47.4 Å². The van der Waals surface area contributed by atoms with Crippen LogP contribution >= 0.6 is 0 Å². The molecule has 3 nitrogen and oxygen atoms in total. The third-order valence-electron chi connectivity index (χ3n) is 2.54. The van der Waals surface area contributed by atoms with Gasteiger partial charge in [0.15, 0.2) is 22.6 Å². The Hall–Kier alpha value is -1.72. The van der Waals surface area contributed by atoms with Gasteiger partial charge in [-0.3, -0.25) is 0 Å². The quantitative estimate of drug-likeness (QED) is 0.868. The molecule has 0 saturated heterocycles. The number of hydrogen-bond acceptors (Lipinski definition) is 2. The van der Waals surface area contributed by atoms with Crippen LogP contribution in [0.3, 0.4) is 0 Å². The van der Waals surface area contributed by atoms with Crippen molar-refractivity contribution in [1.29, 1.82) is 0 Å². The van der Waals surface area contributed by atoms with E-state index in [9.17, 15) is 8.60 Å². The Morgan fingerprint density at radius 1 is 1.11 bits per heavy atom. The summed E-state index contributed by atoms with van der Waals surface area (Å²) >= 11 is -2.00. The van der Waals surface area contributed by atoms with Gasteiger partial charge in [0.1, 0.15) is 0 Å². The Kier molecular flexibility index (Phi) is 3.74. The van der Waals surface area contributed by atoms with Crippen molar-refractivity contribution in [1.82, 2.24) is 0 Å². The van der Waals surface area contributed by atoms with E-state index in [0.717, 1.165) is 5.56 Å². The lowest BCUT2D eigenvalue weighted by Gasteiger charge is -2.06. The second-order valence-electron chi connectivity index (χ2n) is 3.62. The van der Waals surface area contributed by atoms with Crippen molar-refractivity contribution in [2.75, 3.05) is 7.11 Å². The van der Waals surface area contributed by atoms with Crippen molar-refractivity contribution in [3.63, 3.8) is 0 Å². The molecule has 0 aromatic heterocycles. The molecule has 0 saturated carbocycles. The minimum atomic E-state index is -2.00. The minimum absolute atomic E-state index is 0.187. The first kappa shape index (κ1) is 12.7. The van der Waals surface area contributed by atoms with E-state index in [2.05, 4.69) is 0 Å². The van der Waals surface area contributed by atoms with E-state index in [4.69, 9.17) is 9.29 Å². The van der Waals surface area contributed by atoms with E-state index in [1.165, 1.54) is 25.3 Å². The van der Waals surface area contributed by atoms with Gasteiger partial charge in [0.25, 0.3) is 0 Å². The summed E-state index contributed by atoms with van der Waals surface area (Å²) in [6.07, 6.45) is 0. The van der Waals surface area contributed by atoms with Gasteiger partial charge < -0.3 is 9.29 Å². The maximum Gasteiger partial charge on any atom is 0.186 e. The van der Waals surface area contributed by atoms with Crippen molar-refractivity contribution in [3.8, 4) is 16.9 Å². The molecule has 1 N–H and O–H groups in total. The highest BCUT2D eigenvalue weighted by Gasteiger charge is 2.06. The van der Waals surface area contributed by atoms with E-state index < -0.39 is 16.9 Å². The van der Waals surface area contributed by atoms with Gasteiger partial charge in [-0.05, 0) is 35.4 Å². The lowest BCUT2D eigenvalue weighted by atomic mass is 10.1. The van der Waals surface area contributed by atoms with Crippen LogP contribution in [0.2, 0.25) is 0 Å². The fourth-order valence-corrected chi connectivity index (χ4v) is 1.98. The predicted octanol–water partition coefficient (Wildman–Crippen LogP) is 3.08. The maximum atomic E-state index is 13.5. The van der Waals surface area contributed by atoms with Crippen LogP contribution in [0.5, 0.6) is 5.75 Å². The minimum Gasteiger partial charge on any atom is -0.494 e. The van der Waals surface area contributed by atoms with Crippen LogP contribution in [0, 0.1) is 5.82 Å². The highest BCUT2D eigenvalue weighted by molar-refractivity contribution is 7.79. The molecule has 0 aliphatic rings. The average molecular weight is 266 g/mol. The molecular weight excluding hydrogens is 255 g/mol. The van der Waals surface area contributed by atoms with Crippen molar-refractivity contribution in [3.05, 3.63) is 48.3 Å². The third kappa shape index (κ3) is 2.57. The van der Waals surface area contributed by atoms with E-state index in [1.54, 1.807) is 24.3 Å². The smallest absolute Gasteiger partial charge is 0.186 e. The molecule has 2 rings (SSSR count). The van der Waals surface area contributed by atoms with Gasteiger partial charge in [0.05, 0.1) is 12.0 Å². The van der Waals surface area contributed by atoms with Crippen molar-refractivity contribution in [2.45, 2.75) is 4.90 Å². The number of ether oxygens (including phenoxy) is 1. The largest absolute Gasteiger partial charge is 0.494 e. The van der Waals surface area contributed by atoms with E-state index in [0.29, 0.717) is 10.5 Å². The summed E-state index contributed by atoms with van der Waals surface area (Å²) in [5.74, 6) is -0.253. The second kappa shape index (κ2) is 5.29. The number of hydrogen-bond donors (Lipinski definition) is 1. The predicted molar refractivity (Wildman–Crippen MR) is 67.4 cm³/mol. The second-order valence-corrected chi connectivity index (χ2v) is 4.59. The summed E-state index contributed by atoms with van der Waals surface area (Å²) in [5, 5.41) is 0. The Labute approximate surface area is 107 Å². The number of benzene rings is 2. The number of halogens is 1. The molecule has 18 heavy (non-hydrogen) atoms. The molecule has 5 heteroatoms. The molecule has 0 radical (unpaired) electrons. The van der Waals surface area contributed by atoms with Crippen LogP contribution in [-0.4, -0.2) is 15.9 Å². The molecule has 2 aromatic rings. The molecule has 0 aliphatic carbocycles. The Morgan fingerprint density at radius 2 is 1.72 bits per heavy atom. The first-order valence-electron chi connectivity index (χ1n) is 5.16. The molecule has 0 heterocycles. The summed E-state index contributed by atoms with van der Waals surface area (Å²) in [4.78, 5) is 0.313. The van der Waals surface area contributed by atoms with Gasteiger partial charge in [-0.25, -0.2) is 8.60 Å². The van der Waals surface area contributed by atoms with Crippen molar-refractivity contribution in [2.24, 2.45) is 0 Å². The third-order valence-corrected chi connectivity index (χ3v) is 3.22. The number of methoxy groups -OCH3 is 1. The zero-order valence-electron chi connectivity index (χ0n) is 9.59. The lowest BCUT2D eigenvalue weighted by molar-refractivity contribution is 0.386. The maximum absolute atomic E-state index is 13.5. The lowest BCUT2D eigenvalue weighted by Crippen LogP contribution is -1.90. The zero-order chi connectivity index (χ0) is 13.1. The summed E-state index contributed by atoms with van der Waals surface area (Å²) in [6.45, 7) is 0. The zero-order valence-corrected chi connectivity index (χ0v) is 10.4. The van der Waals surface area contributed by atoms with Crippen LogP contribution < -0.4 is 4.74 Å². The molecular formula is C13H11FO3S. The monoisotopic (exact) mass is 266 g/mol.